The number of aliphatic hydroxyl groups is 1. The SMILES string of the molecule is CC/C=C/[C@H]1CCc2ccccc2[C@H]1O. The number of aliphatic hydroxyl groups excluding tert-OH is 1. The van der Waals surface area contributed by atoms with E-state index in [1.54, 1.807) is 0 Å². The van der Waals surface area contributed by atoms with E-state index in [2.05, 4.69) is 25.1 Å². The van der Waals surface area contributed by atoms with Crippen molar-refractivity contribution in [2.75, 3.05) is 0 Å². The zero-order chi connectivity index (χ0) is 10.7. The highest BCUT2D eigenvalue weighted by Crippen LogP contribution is 2.34. The number of fused-ring (bicyclic) bond motifs is 1. The van der Waals surface area contributed by atoms with Gasteiger partial charge in [-0.2, -0.15) is 0 Å². The van der Waals surface area contributed by atoms with Crippen molar-refractivity contribution in [1.82, 2.24) is 0 Å². The molecule has 1 aromatic carbocycles. The van der Waals surface area contributed by atoms with Crippen LogP contribution in [0.2, 0.25) is 0 Å². The molecule has 0 aromatic heterocycles. The second-order valence-electron chi connectivity index (χ2n) is 4.18. The van der Waals surface area contributed by atoms with E-state index in [0.717, 1.165) is 24.8 Å². The van der Waals surface area contributed by atoms with Crippen molar-refractivity contribution in [2.24, 2.45) is 5.92 Å². The molecule has 15 heavy (non-hydrogen) atoms. The lowest BCUT2D eigenvalue weighted by atomic mass is 9.81. The summed E-state index contributed by atoms with van der Waals surface area (Å²) in [5.41, 5.74) is 2.43. The third-order valence-corrected chi connectivity index (χ3v) is 3.15. The number of allylic oxidation sites excluding steroid dienone is 1. The predicted octanol–water partition coefficient (Wildman–Crippen LogP) is 3.25. The third-order valence-electron chi connectivity index (χ3n) is 3.15. The highest BCUT2D eigenvalue weighted by molar-refractivity contribution is 5.32. The van der Waals surface area contributed by atoms with Crippen LogP contribution in [0.1, 0.15) is 37.0 Å². The van der Waals surface area contributed by atoms with Gasteiger partial charge in [0, 0.05) is 5.92 Å². The predicted molar refractivity (Wildman–Crippen MR) is 62.6 cm³/mol. The van der Waals surface area contributed by atoms with Crippen molar-refractivity contribution in [3.63, 3.8) is 0 Å². The van der Waals surface area contributed by atoms with Gasteiger partial charge in [-0.25, -0.2) is 0 Å². The molecule has 2 rings (SSSR count). The molecule has 0 unspecified atom stereocenters. The second kappa shape index (κ2) is 4.63. The van der Waals surface area contributed by atoms with Crippen LogP contribution in [-0.4, -0.2) is 5.11 Å². The number of aryl methyl sites for hydroxylation is 1. The van der Waals surface area contributed by atoms with Gasteiger partial charge in [-0.15, -0.1) is 0 Å². The topological polar surface area (TPSA) is 20.2 Å². The van der Waals surface area contributed by atoms with Crippen LogP contribution in [0.25, 0.3) is 0 Å². The first-order valence-electron chi connectivity index (χ1n) is 5.75. The van der Waals surface area contributed by atoms with Gasteiger partial charge in [0.15, 0.2) is 0 Å². The molecule has 1 aromatic rings. The first kappa shape index (κ1) is 10.4. The smallest absolute Gasteiger partial charge is 0.0855 e. The lowest BCUT2D eigenvalue weighted by molar-refractivity contribution is 0.118. The average molecular weight is 202 g/mol. The highest BCUT2D eigenvalue weighted by atomic mass is 16.3. The number of rotatable bonds is 2. The van der Waals surface area contributed by atoms with Gasteiger partial charge in [0.05, 0.1) is 6.10 Å². The Hall–Kier alpha value is -1.08. The lowest BCUT2D eigenvalue weighted by Crippen LogP contribution is -2.18. The van der Waals surface area contributed by atoms with Crippen molar-refractivity contribution < 1.29 is 5.11 Å². The van der Waals surface area contributed by atoms with E-state index in [1.807, 2.05) is 18.2 Å². The summed E-state index contributed by atoms with van der Waals surface area (Å²) in [6.07, 6.45) is 7.21. The Balaban J connectivity index is 2.22. The Morgan fingerprint density at radius 3 is 3.00 bits per heavy atom. The van der Waals surface area contributed by atoms with E-state index < -0.39 is 0 Å². The molecule has 0 spiro atoms. The quantitative estimate of drug-likeness (QED) is 0.730. The molecule has 0 radical (unpaired) electrons. The Morgan fingerprint density at radius 2 is 2.20 bits per heavy atom. The molecule has 1 nitrogen and oxygen atoms in total. The number of benzene rings is 1. The fourth-order valence-corrected chi connectivity index (χ4v) is 2.27. The van der Waals surface area contributed by atoms with E-state index in [1.165, 1.54) is 5.56 Å². The Labute approximate surface area is 91.4 Å². The summed E-state index contributed by atoms with van der Waals surface area (Å²) in [4.78, 5) is 0. The van der Waals surface area contributed by atoms with Crippen LogP contribution < -0.4 is 0 Å². The molecule has 1 aliphatic rings. The van der Waals surface area contributed by atoms with Crippen LogP contribution in [0.4, 0.5) is 0 Å². The van der Waals surface area contributed by atoms with Gasteiger partial charge in [-0.3, -0.25) is 0 Å². The fourth-order valence-electron chi connectivity index (χ4n) is 2.27. The Morgan fingerprint density at radius 1 is 1.40 bits per heavy atom. The maximum Gasteiger partial charge on any atom is 0.0855 e. The molecule has 1 N–H and O–H groups in total. The second-order valence-corrected chi connectivity index (χ2v) is 4.18. The van der Waals surface area contributed by atoms with Crippen molar-refractivity contribution in [2.45, 2.75) is 32.3 Å². The van der Waals surface area contributed by atoms with Gasteiger partial charge in [-0.05, 0) is 30.4 Å². The summed E-state index contributed by atoms with van der Waals surface area (Å²) >= 11 is 0. The summed E-state index contributed by atoms with van der Waals surface area (Å²) in [7, 11) is 0. The van der Waals surface area contributed by atoms with E-state index >= 15 is 0 Å². The third kappa shape index (κ3) is 2.13. The van der Waals surface area contributed by atoms with Crippen LogP contribution in [0, 0.1) is 5.92 Å². The van der Waals surface area contributed by atoms with Gasteiger partial charge in [0.1, 0.15) is 0 Å². The first-order valence-corrected chi connectivity index (χ1v) is 5.75. The normalized spacial score (nSPS) is 25.5. The zero-order valence-corrected chi connectivity index (χ0v) is 9.19. The molecular weight excluding hydrogens is 184 g/mol. The first-order chi connectivity index (χ1) is 7.33. The van der Waals surface area contributed by atoms with Crippen LogP contribution >= 0.6 is 0 Å². The van der Waals surface area contributed by atoms with Crippen LogP contribution in [0.3, 0.4) is 0 Å². The van der Waals surface area contributed by atoms with Crippen LogP contribution in [0.5, 0.6) is 0 Å². The molecule has 80 valence electrons. The Kier molecular flexibility index (Phi) is 3.22. The fraction of sp³-hybridized carbons (Fsp3) is 0.429. The molecule has 0 aliphatic heterocycles. The van der Waals surface area contributed by atoms with Gasteiger partial charge < -0.3 is 5.11 Å². The van der Waals surface area contributed by atoms with E-state index in [9.17, 15) is 5.11 Å². The molecule has 0 bridgehead atoms. The molecule has 0 fully saturated rings. The Bertz CT molecular complexity index is 354. The van der Waals surface area contributed by atoms with Gasteiger partial charge in [-0.1, -0.05) is 43.3 Å². The number of hydrogen-bond donors (Lipinski definition) is 1. The minimum absolute atomic E-state index is 0.305. The van der Waals surface area contributed by atoms with E-state index in [-0.39, 0.29) is 6.10 Å². The standard InChI is InChI=1S/C14H18O/c1-2-3-6-12-10-9-11-7-4-5-8-13(11)14(12)15/h3-8,12,14-15H,2,9-10H2,1H3/b6-3+/t12-,14-/m0/s1. The lowest BCUT2D eigenvalue weighted by Gasteiger charge is -2.27. The summed E-state index contributed by atoms with van der Waals surface area (Å²) in [5.74, 6) is 0.305. The molecule has 2 atom stereocenters. The summed E-state index contributed by atoms with van der Waals surface area (Å²) in [5, 5.41) is 10.2. The molecule has 0 saturated heterocycles. The van der Waals surface area contributed by atoms with E-state index in [4.69, 9.17) is 0 Å². The van der Waals surface area contributed by atoms with Gasteiger partial charge in [0.25, 0.3) is 0 Å². The van der Waals surface area contributed by atoms with Crippen molar-refractivity contribution >= 4 is 0 Å². The summed E-state index contributed by atoms with van der Waals surface area (Å²) < 4.78 is 0. The maximum absolute atomic E-state index is 10.2. The minimum Gasteiger partial charge on any atom is -0.388 e. The van der Waals surface area contributed by atoms with Crippen LogP contribution in [-0.2, 0) is 6.42 Å². The van der Waals surface area contributed by atoms with Gasteiger partial charge >= 0.3 is 0 Å². The highest BCUT2D eigenvalue weighted by Gasteiger charge is 2.25. The van der Waals surface area contributed by atoms with Gasteiger partial charge in [0.2, 0.25) is 0 Å². The molecule has 1 heteroatoms. The van der Waals surface area contributed by atoms with Crippen molar-refractivity contribution in [3.05, 3.63) is 47.5 Å². The van der Waals surface area contributed by atoms with Crippen LogP contribution in [0.15, 0.2) is 36.4 Å². The monoisotopic (exact) mass is 202 g/mol. The minimum atomic E-state index is -0.308. The molecule has 0 saturated carbocycles. The molecule has 0 heterocycles. The zero-order valence-electron chi connectivity index (χ0n) is 9.19. The van der Waals surface area contributed by atoms with E-state index in [0.29, 0.717) is 5.92 Å². The number of hydrogen-bond acceptors (Lipinski definition) is 1. The summed E-state index contributed by atoms with van der Waals surface area (Å²) in [6.45, 7) is 2.12. The maximum atomic E-state index is 10.2. The largest absolute Gasteiger partial charge is 0.388 e. The molecule has 0 amide bonds. The molecular formula is C14H18O. The van der Waals surface area contributed by atoms with Crippen molar-refractivity contribution in [3.8, 4) is 0 Å². The molecule has 1 aliphatic carbocycles. The van der Waals surface area contributed by atoms with Crippen molar-refractivity contribution in [1.29, 1.82) is 0 Å². The average Bonchev–Trinajstić information content (AvgIpc) is 2.29. The summed E-state index contributed by atoms with van der Waals surface area (Å²) in [6, 6.07) is 8.23.